The van der Waals surface area contributed by atoms with Gasteiger partial charge in [-0.05, 0) is 79.4 Å². The average Bonchev–Trinajstić information content (AvgIpc) is 3.79. The lowest BCUT2D eigenvalue weighted by atomic mass is 9.53. The van der Waals surface area contributed by atoms with Crippen LogP contribution in [0.5, 0.6) is 0 Å². The third-order valence-electron chi connectivity index (χ3n) is 14.5. The van der Waals surface area contributed by atoms with Crippen molar-refractivity contribution in [3.63, 3.8) is 0 Å². The second kappa shape index (κ2) is 8.00. The minimum absolute atomic E-state index is 0.107. The maximum Gasteiger partial charge on any atom is 0.0632 e. The third kappa shape index (κ3) is 2.65. The number of ether oxygens (including phenoxy) is 1. The van der Waals surface area contributed by atoms with E-state index >= 15 is 0 Å². The molecule has 11 rings (SSSR count). The summed E-state index contributed by atoms with van der Waals surface area (Å²) in [6.45, 7) is 5.67. The molecular formula is C37H42N4O2. The van der Waals surface area contributed by atoms with E-state index in [0.717, 1.165) is 32.5 Å². The molecular weight excluding hydrogens is 532 g/mol. The molecule has 4 bridgehead atoms. The Bertz CT molecular complexity index is 1620. The molecule has 2 aliphatic carbocycles. The third-order valence-corrected chi connectivity index (χ3v) is 14.5. The fourth-order valence-electron chi connectivity index (χ4n) is 13.0. The van der Waals surface area contributed by atoms with Crippen molar-refractivity contribution in [2.75, 3.05) is 36.9 Å². The number of aliphatic hydroxyl groups is 1. The number of fused-ring (bicyclic) bond motifs is 4. The molecule has 2 aromatic rings. The maximum absolute atomic E-state index is 11.1. The van der Waals surface area contributed by atoms with Gasteiger partial charge in [-0.15, -0.1) is 0 Å². The molecule has 7 heterocycles. The van der Waals surface area contributed by atoms with Crippen LogP contribution in [0.25, 0.3) is 0 Å². The molecule has 7 aliphatic heterocycles. The van der Waals surface area contributed by atoms with E-state index in [4.69, 9.17) is 4.74 Å². The number of hydrogen-bond donors (Lipinski definition) is 3. The Balaban J connectivity index is 1.05. The van der Waals surface area contributed by atoms with E-state index < -0.39 is 0 Å². The quantitative estimate of drug-likeness (QED) is 0.484. The molecule has 222 valence electrons. The predicted molar refractivity (Wildman–Crippen MR) is 167 cm³/mol. The molecule has 0 radical (unpaired) electrons. The van der Waals surface area contributed by atoms with Crippen LogP contribution in [0.4, 0.5) is 11.4 Å². The summed E-state index contributed by atoms with van der Waals surface area (Å²) in [4.78, 5) is 5.54. The van der Waals surface area contributed by atoms with E-state index in [2.05, 4.69) is 88.2 Å². The Labute approximate surface area is 254 Å². The number of rotatable bonds is 2. The van der Waals surface area contributed by atoms with Gasteiger partial charge in [-0.25, -0.2) is 0 Å². The van der Waals surface area contributed by atoms with E-state index in [1.165, 1.54) is 35.4 Å². The first-order valence-electron chi connectivity index (χ1n) is 17.0. The number of allylic oxidation sites excluding steroid dienone is 2. The first-order chi connectivity index (χ1) is 21.1. The number of para-hydroxylation sites is 2. The topological polar surface area (TPSA) is 60.0 Å². The van der Waals surface area contributed by atoms with Crippen molar-refractivity contribution in [3.05, 3.63) is 83.2 Å². The standard InChI is InChI=1S/C37H42N4O2/c1-20-33-23-16-32-37(27-7-3-5-9-29(27)39-35(37)25(23)19-43-20)11-13-41(32)30(33)14-21-17-40-12-10-36-26-6-2-4-8-28(26)38-34(36)24(18-42)22(21)15-31(36)40/h2-9,14,17,20,22-25,31-35,38-39,42H,10-13,15-16,18-19H2,1H3/b30-14+/t20-,22-,23-,24+,25-,31-,32+,33+,34-,35+,36+,37-/m0/s1. The number of nitrogens with one attached hydrogen (secondary N) is 2. The average molecular weight is 575 g/mol. The van der Waals surface area contributed by atoms with Crippen molar-refractivity contribution in [3.8, 4) is 0 Å². The van der Waals surface area contributed by atoms with Crippen LogP contribution in [-0.4, -0.2) is 71.5 Å². The summed E-state index contributed by atoms with van der Waals surface area (Å²) < 4.78 is 6.70. The molecule has 4 saturated heterocycles. The summed E-state index contributed by atoms with van der Waals surface area (Å²) in [6, 6.07) is 20.0. The van der Waals surface area contributed by atoms with Gasteiger partial charge in [-0.1, -0.05) is 36.4 Å². The first kappa shape index (κ1) is 24.4. The SMILES string of the molecule is C[C@@H]1OC[C@H]2[C@@H]3C[C@H]4N(CC[C@]45c4ccccc4N[C@H]25)/C(=C/C2=CN4CC[C@]56c7ccccc7N[C@H]5[C@H](CO)[C@H]2C[C@H]46)[C@@H]31. The minimum Gasteiger partial charge on any atom is -0.396 e. The Morgan fingerprint density at radius 2 is 1.63 bits per heavy atom. The summed E-state index contributed by atoms with van der Waals surface area (Å²) >= 11 is 0. The number of nitrogens with zero attached hydrogens (tertiary/aromatic N) is 2. The van der Waals surface area contributed by atoms with Gasteiger partial charge in [0.25, 0.3) is 0 Å². The lowest BCUT2D eigenvalue weighted by Gasteiger charge is -2.61. The highest BCUT2D eigenvalue weighted by Crippen LogP contribution is 2.66. The van der Waals surface area contributed by atoms with Crippen LogP contribution in [0.1, 0.15) is 43.7 Å². The highest BCUT2D eigenvalue weighted by molar-refractivity contribution is 5.66. The molecule has 43 heavy (non-hydrogen) atoms. The number of anilines is 2. The van der Waals surface area contributed by atoms with E-state index in [9.17, 15) is 5.11 Å². The summed E-state index contributed by atoms with van der Waals surface area (Å²) in [5.41, 5.74) is 8.96. The Hall–Kier alpha value is -2.96. The van der Waals surface area contributed by atoms with Crippen LogP contribution in [0.2, 0.25) is 0 Å². The lowest BCUT2D eigenvalue weighted by Crippen LogP contribution is -2.66. The highest BCUT2D eigenvalue weighted by Gasteiger charge is 2.69. The zero-order valence-corrected chi connectivity index (χ0v) is 25.0. The van der Waals surface area contributed by atoms with Crippen molar-refractivity contribution < 1.29 is 9.84 Å². The molecule has 2 saturated carbocycles. The molecule has 9 aliphatic rings. The van der Waals surface area contributed by atoms with E-state index in [1.807, 2.05) is 0 Å². The molecule has 12 atom stereocenters. The number of hydrogen-bond acceptors (Lipinski definition) is 6. The summed E-state index contributed by atoms with van der Waals surface area (Å²) in [7, 11) is 0. The maximum atomic E-state index is 11.1. The first-order valence-corrected chi connectivity index (χ1v) is 17.0. The normalized spacial score (nSPS) is 47.8. The van der Waals surface area contributed by atoms with E-state index in [1.54, 1.807) is 11.3 Å². The predicted octanol–water partition coefficient (Wildman–Crippen LogP) is 4.69. The smallest absolute Gasteiger partial charge is 0.0632 e. The molecule has 0 unspecified atom stereocenters. The summed E-state index contributed by atoms with van der Waals surface area (Å²) in [5.74, 6) is 2.20. The van der Waals surface area contributed by atoms with Crippen LogP contribution >= 0.6 is 0 Å². The van der Waals surface area contributed by atoms with Crippen molar-refractivity contribution in [2.24, 2.45) is 29.6 Å². The number of aliphatic hydroxyl groups excluding tert-OH is 1. The van der Waals surface area contributed by atoms with Gasteiger partial charge in [0.05, 0.1) is 12.7 Å². The van der Waals surface area contributed by atoms with Crippen LogP contribution < -0.4 is 10.6 Å². The van der Waals surface area contributed by atoms with E-state index in [-0.39, 0.29) is 35.5 Å². The van der Waals surface area contributed by atoms with Gasteiger partial charge in [0, 0.05) is 95.7 Å². The van der Waals surface area contributed by atoms with Crippen LogP contribution in [0, 0.1) is 29.6 Å². The molecule has 0 amide bonds. The van der Waals surface area contributed by atoms with Gasteiger partial charge in [0.15, 0.2) is 0 Å². The van der Waals surface area contributed by atoms with E-state index in [0.29, 0.717) is 41.8 Å². The Morgan fingerprint density at radius 1 is 0.907 bits per heavy atom. The van der Waals surface area contributed by atoms with Crippen molar-refractivity contribution >= 4 is 11.4 Å². The van der Waals surface area contributed by atoms with Gasteiger partial charge >= 0.3 is 0 Å². The zero-order valence-electron chi connectivity index (χ0n) is 25.0. The number of benzene rings is 2. The fraction of sp³-hybridized carbons (Fsp3) is 0.568. The molecule has 6 nitrogen and oxygen atoms in total. The molecule has 0 aromatic heterocycles. The minimum atomic E-state index is 0.107. The molecule has 3 N–H and O–H groups in total. The largest absolute Gasteiger partial charge is 0.396 e. The molecule has 2 spiro atoms. The van der Waals surface area contributed by atoms with Crippen molar-refractivity contribution in [2.45, 2.75) is 73.7 Å². The Kier molecular flexibility index (Phi) is 4.53. The summed E-state index contributed by atoms with van der Waals surface area (Å²) in [6.07, 6.45) is 10.2. The summed E-state index contributed by atoms with van der Waals surface area (Å²) in [5, 5.41) is 19.1. The Morgan fingerprint density at radius 3 is 2.42 bits per heavy atom. The molecule has 6 heteroatoms. The fourth-order valence-corrected chi connectivity index (χ4v) is 13.0. The highest BCUT2D eigenvalue weighted by atomic mass is 16.5. The monoisotopic (exact) mass is 574 g/mol. The zero-order chi connectivity index (χ0) is 28.2. The van der Waals surface area contributed by atoms with Gasteiger partial charge in [-0.3, -0.25) is 0 Å². The second-order valence-corrected chi connectivity index (χ2v) is 15.4. The van der Waals surface area contributed by atoms with Crippen molar-refractivity contribution in [1.29, 1.82) is 0 Å². The molecule has 6 fully saturated rings. The molecule has 2 aromatic carbocycles. The van der Waals surface area contributed by atoms with Crippen molar-refractivity contribution in [1.82, 2.24) is 9.80 Å². The second-order valence-electron chi connectivity index (χ2n) is 15.4. The van der Waals surface area contributed by atoms with Gasteiger partial charge in [-0.2, -0.15) is 0 Å². The van der Waals surface area contributed by atoms with Crippen LogP contribution in [-0.2, 0) is 15.6 Å². The van der Waals surface area contributed by atoms with Crippen LogP contribution in [0.3, 0.4) is 0 Å². The van der Waals surface area contributed by atoms with Crippen LogP contribution in [0.15, 0.2) is 72.1 Å². The number of piperidine rings is 1. The van der Waals surface area contributed by atoms with Gasteiger partial charge in [0.2, 0.25) is 0 Å². The van der Waals surface area contributed by atoms with Gasteiger partial charge in [0.1, 0.15) is 0 Å². The lowest BCUT2D eigenvalue weighted by molar-refractivity contribution is -0.130. The van der Waals surface area contributed by atoms with Gasteiger partial charge < -0.3 is 30.3 Å².